The van der Waals surface area contributed by atoms with Gasteiger partial charge in [0.2, 0.25) is 11.8 Å². The predicted molar refractivity (Wildman–Crippen MR) is 114 cm³/mol. The summed E-state index contributed by atoms with van der Waals surface area (Å²) in [6.07, 6.45) is 0.642. The summed E-state index contributed by atoms with van der Waals surface area (Å²) in [6, 6.07) is 7.57. The van der Waals surface area contributed by atoms with Crippen molar-refractivity contribution >= 4 is 23.4 Å². The Hall–Kier alpha value is -2.68. The number of imide groups is 1. The second-order valence-corrected chi connectivity index (χ2v) is 10.2. The fourth-order valence-electron chi connectivity index (χ4n) is 4.77. The summed E-state index contributed by atoms with van der Waals surface area (Å²) in [7, 11) is 0. The van der Waals surface area contributed by atoms with Crippen molar-refractivity contribution in [1.29, 1.82) is 5.26 Å². The Balaban J connectivity index is 1.97. The molecule has 1 saturated carbocycles. The van der Waals surface area contributed by atoms with Gasteiger partial charge in [0, 0.05) is 11.5 Å². The average Bonchev–Trinajstić information content (AvgIpc) is 2.91. The van der Waals surface area contributed by atoms with E-state index in [1.54, 1.807) is 29.2 Å². The number of hydrogen-bond donors (Lipinski definition) is 0. The van der Waals surface area contributed by atoms with Crippen LogP contribution >= 0.6 is 0 Å². The summed E-state index contributed by atoms with van der Waals surface area (Å²) in [6.45, 7) is 14.2. The largest absolute Gasteiger partial charge is 0.325 e. The van der Waals surface area contributed by atoms with Gasteiger partial charge in [-0.3, -0.25) is 14.4 Å². The molecule has 0 N–H and O–H groups in total. The lowest BCUT2D eigenvalue weighted by atomic mass is 9.94. The average molecular weight is 410 g/mol. The van der Waals surface area contributed by atoms with Gasteiger partial charge in [0.25, 0.3) is 5.91 Å². The van der Waals surface area contributed by atoms with E-state index in [2.05, 4.69) is 27.7 Å². The minimum absolute atomic E-state index is 0.0262. The first-order chi connectivity index (χ1) is 13.8. The zero-order chi connectivity index (χ0) is 22.6. The van der Waals surface area contributed by atoms with Gasteiger partial charge < -0.3 is 4.90 Å². The molecule has 0 radical (unpaired) electrons. The van der Waals surface area contributed by atoms with E-state index in [-0.39, 0.29) is 40.9 Å². The molecule has 3 amide bonds. The maximum absolute atomic E-state index is 13.7. The molecule has 2 aliphatic rings. The zero-order valence-corrected chi connectivity index (χ0v) is 18.9. The van der Waals surface area contributed by atoms with Crippen LogP contribution in [0, 0.1) is 28.1 Å². The molecule has 160 valence electrons. The molecule has 1 heterocycles. The van der Waals surface area contributed by atoms with Gasteiger partial charge in [0.1, 0.15) is 6.04 Å². The first kappa shape index (κ1) is 22.0. The summed E-state index contributed by atoms with van der Waals surface area (Å²) in [4.78, 5) is 42.8. The SMILES string of the molecule is CCC(C)(C)N(C(=O)C1C(C)(C)C1(C)C)C1CC(=O)N(c2ccc(C#N)cc2)C1=O. The number of amides is 3. The van der Waals surface area contributed by atoms with Crippen LogP contribution in [-0.4, -0.2) is 34.2 Å². The first-order valence-electron chi connectivity index (χ1n) is 10.5. The number of carbonyl (C=O) groups is 3. The minimum atomic E-state index is -0.817. The summed E-state index contributed by atoms with van der Waals surface area (Å²) in [5.41, 5.74) is -0.000612. The van der Waals surface area contributed by atoms with Gasteiger partial charge in [-0.25, -0.2) is 4.90 Å². The van der Waals surface area contributed by atoms with Crippen LogP contribution < -0.4 is 4.90 Å². The molecule has 3 rings (SSSR count). The van der Waals surface area contributed by atoms with Crippen LogP contribution in [0.5, 0.6) is 0 Å². The van der Waals surface area contributed by atoms with E-state index in [9.17, 15) is 14.4 Å². The quantitative estimate of drug-likeness (QED) is 0.691. The maximum Gasteiger partial charge on any atom is 0.257 e. The van der Waals surface area contributed by atoms with Crippen LogP contribution in [0.15, 0.2) is 24.3 Å². The Morgan fingerprint density at radius 2 is 1.70 bits per heavy atom. The Morgan fingerprint density at radius 1 is 1.17 bits per heavy atom. The van der Waals surface area contributed by atoms with Crippen LogP contribution in [0.1, 0.15) is 66.9 Å². The number of carbonyl (C=O) groups excluding carboxylic acids is 3. The molecule has 1 aromatic carbocycles. The number of nitriles is 1. The van der Waals surface area contributed by atoms with Gasteiger partial charge in [-0.1, -0.05) is 34.6 Å². The van der Waals surface area contributed by atoms with Gasteiger partial charge in [-0.05, 0) is 55.4 Å². The third-order valence-corrected chi connectivity index (χ3v) is 7.71. The highest BCUT2D eigenvalue weighted by Crippen LogP contribution is 2.69. The molecule has 1 atom stereocenters. The first-order valence-corrected chi connectivity index (χ1v) is 10.5. The van der Waals surface area contributed by atoms with E-state index in [4.69, 9.17) is 5.26 Å². The van der Waals surface area contributed by atoms with Gasteiger partial charge >= 0.3 is 0 Å². The van der Waals surface area contributed by atoms with Crippen molar-refractivity contribution in [2.45, 2.75) is 72.9 Å². The number of benzene rings is 1. The van der Waals surface area contributed by atoms with Gasteiger partial charge in [-0.2, -0.15) is 5.26 Å². The van der Waals surface area contributed by atoms with Crippen molar-refractivity contribution in [3.05, 3.63) is 29.8 Å². The molecule has 1 aliphatic carbocycles. The lowest BCUT2D eigenvalue weighted by molar-refractivity contribution is -0.147. The molecule has 1 aromatic rings. The number of rotatable bonds is 5. The molecule has 6 nitrogen and oxygen atoms in total. The lowest BCUT2D eigenvalue weighted by Gasteiger charge is -2.41. The molecule has 1 saturated heterocycles. The Kier molecular flexibility index (Phi) is 5.09. The van der Waals surface area contributed by atoms with Crippen molar-refractivity contribution in [3.63, 3.8) is 0 Å². The van der Waals surface area contributed by atoms with Crippen LogP contribution in [0.25, 0.3) is 0 Å². The third kappa shape index (κ3) is 3.12. The van der Waals surface area contributed by atoms with Crippen LogP contribution in [0.4, 0.5) is 5.69 Å². The van der Waals surface area contributed by atoms with Crippen molar-refractivity contribution in [1.82, 2.24) is 4.90 Å². The number of anilines is 1. The van der Waals surface area contributed by atoms with E-state index in [1.165, 1.54) is 0 Å². The lowest BCUT2D eigenvalue weighted by Crippen LogP contribution is -2.56. The van der Waals surface area contributed by atoms with E-state index >= 15 is 0 Å². The Labute approximate surface area is 178 Å². The second kappa shape index (κ2) is 6.94. The molecule has 6 heteroatoms. The van der Waals surface area contributed by atoms with Crippen molar-refractivity contribution < 1.29 is 14.4 Å². The van der Waals surface area contributed by atoms with Crippen LogP contribution in [0.3, 0.4) is 0 Å². The van der Waals surface area contributed by atoms with E-state index < -0.39 is 11.6 Å². The highest BCUT2D eigenvalue weighted by molar-refractivity contribution is 6.23. The Bertz CT molecular complexity index is 923. The molecule has 0 aromatic heterocycles. The maximum atomic E-state index is 13.7. The van der Waals surface area contributed by atoms with Gasteiger partial charge in [0.15, 0.2) is 0 Å². The minimum Gasteiger partial charge on any atom is -0.325 e. The fraction of sp³-hybridized carbons (Fsp3) is 0.583. The van der Waals surface area contributed by atoms with E-state index in [1.807, 2.05) is 26.8 Å². The summed E-state index contributed by atoms with van der Waals surface area (Å²) in [5, 5.41) is 8.99. The van der Waals surface area contributed by atoms with E-state index in [0.717, 1.165) is 4.90 Å². The third-order valence-electron chi connectivity index (χ3n) is 7.71. The monoisotopic (exact) mass is 409 g/mol. The summed E-state index contributed by atoms with van der Waals surface area (Å²) in [5.74, 6) is -0.947. The standard InChI is InChI=1S/C24H31N3O3/c1-8-22(2,3)27(21(30)19-23(4,5)24(19,6)7)17-13-18(28)26(20(17)29)16-11-9-15(14-25)10-12-16/h9-12,17,19H,8,13H2,1-7H3. The molecule has 30 heavy (non-hydrogen) atoms. The normalized spacial score (nSPS) is 22.7. The van der Waals surface area contributed by atoms with Crippen molar-refractivity contribution in [3.8, 4) is 6.07 Å². The number of hydrogen-bond acceptors (Lipinski definition) is 4. The predicted octanol–water partition coefficient (Wildman–Crippen LogP) is 3.89. The molecule has 1 unspecified atom stereocenters. The molecule has 0 bridgehead atoms. The fourth-order valence-corrected chi connectivity index (χ4v) is 4.77. The Morgan fingerprint density at radius 3 is 2.13 bits per heavy atom. The van der Waals surface area contributed by atoms with Gasteiger partial charge in [-0.15, -0.1) is 0 Å². The highest BCUT2D eigenvalue weighted by Gasteiger charge is 2.70. The molecule has 0 spiro atoms. The molecular formula is C24H31N3O3. The molecular weight excluding hydrogens is 378 g/mol. The highest BCUT2D eigenvalue weighted by atomic mass is 16.2. The topological polar surface area (TPSA) is 81.5 Å². The second-order valence-electron chi connectivity index (χ2n) is 10.2. The van der Waals surface area contributed by atoms with Crippen LogP contribution in [-0.2, 0) is 14.4 Å². The zero-order valence-electron chi connectivity index (χ0n) is 18.9. The number of nitrogens with zero attached hydrogens (tertiary/aromatic N) is 3. The van der Waals surface area contributed by atoms with E-state index in [0.29, 0.717) is 17.7 Å². The molecule has 1 aliphatic heterocycles. The smallest absolute Gasteiger partial charge is 0.257 e. The molecule has 2 fully saturated rings. The van der Waals surface area contributed by atoms with Crippen molar-refractivity contribution in [2.75, 3.05) is 4.90 Å². The van der Waals surface area contributed by atoms with Crippen LogP contribution in [0.2, 0.25) is 0 Å². The van der Waals surface area contributed by atoms with Crippen molar-refractivity contribution in [2.24, 2.45) is 16.7 Å². The summed E-state index contributed by atoms with van der Waals surface area (Å²) < 4.78 is 0. The van der Waals surface area contributed by atoms with Gasteiger partial charge in [0.05, 0.1) is 23.7 Å². The summed E-state index contributed by atoms with van der Waals surface area (Å²) >= 11 is 0.